The van der Waals surface area contributed by atoms with Gasteiger partial charge in [-0.1, -0.05) is 12.1 Å². The Bertz CT molecular complexity index is 1180. The van der Waals surface area contributed by atoms with Crippen LogP contribution < -0.4 is 10.7 Å². The molecular weight excluding hydrogens is 384 g/mol. The minimum atomic E-state index is -1.47. The smallest absolute Gasteiger partial charge is 0.337 e. The number of rotatable bonds is 5. The number of fused-ring (bicyclic) bond motifs is 1. The third kappa shape index (κ3) is 3.65. The zero-order chi connectivity index (χ0) is 20.4. The molecule has 0 saturated carbocycles. The molecule has 0 fully saturated rings. The molecule has 1 aromatic heterocycles. The predicted octanol–water partition coefficient (Wildman–Crippen LogP) is 1.08. The molecule has 2 N–H and O–H groups in total. The van der Waals surface area contributed by atoms with Crippen molar-refractivity contribution in [2.24, 2.45) is 0 Å². The molecule has 0 aliphatic heterocycles. The van der Waals surface area contributed by atoms with E-state index in [2.05, 4.69) is 9.72 Å². The largest absolute Gasteiger partial charge is 0.548 e. The van der Waals surface area contributed by atoms with Crippen LogP contribution in [0.25, 0.3) is 10.9 Å². The first-order chi connectivity index (χ1) is 13.3. The zero-order valence-electron chi connectivity index (χ0n) is 14.7. The highest BCUT2D eigenvalue weighted by atomic mass is 32.1. The molecule has 0 spiro atoms. The number of phenolic OH excluding ortho intramolecular Hbond substituents is 1. The minimum absolute atomic E-state index is 0.0373. The van der Waals surface area contributed by atoms with E-state index in [1.807, 2.05) is 0 Å². The van der Waals surface area contributed by atoms with Gasteiger partial charge in [-0.25, -0.2) is 4.79 Å². The van der Waals surface area contributed by atoms with Gasteiger partial charge in [0.2, 0.25) is 0 Å². The monoisotopic (exact) mass is 399 g/mol. The Hall–Kier alpha value is -3.46. The summed E-state index contributed by atoms with van der Waals surface area (Å²) in [5, 5.41) is 21.3. The van der Waals surface area contributed by atoms with Gasteiger partial charge in [0.1, 0.15) is 5.75 Å². The average Bonchev–Trinajstić information content (AvgIpc) is 2.67. The first-order valence-electron chi connectivity index (χ1n) is 8.17. The number of aromatic hydroxyl groups is 1. The summed E-state index contributed by atoms with van der Waals surface area (Å²) in [4.78, 5) is 39.1. The number of ether oxygens (including phenoxy) is 1. The highest BCUT2D eigenvalue weighted by Crippen LogP contribution is 2.18. The molecule has 28 heavy (non-hydrogen) atoms. The second-order valence-electron chi connectivity index (χ2n) is 6.06. The standard InChI is InChI=1S/C19H16N2O6S/c1-27-18(26)11-4-7-13-14(9-11)20-19(28)21(16(13)23)15(17(24)25)8-10-2-5-12(22)6-3-10/h2-7,9,15,22H,8H2,1H3,(H,20,28)(H,24,25)/p-1. The Morgan fingerprint density at radius 1 is 1.25 bits per heavy atom. The predicted molar refractivity (Wildman–Crippen MR) is 101 cm³/mol. The number of carbonyl (C=O) groups excluding carboxylic acids is 2. The molecule has 1 atom stereocenters. The first kappa shape index (κ1) is 19.3. The minimum Gasteiger partial charge on any atom is -0.548 e. The summed E-state index contributed by atoms with van der Waals surface area (Å²) in [6.07, 6.45) is -0.0637. The summed E-state index contributed by atoms with van der Waals surface area (Å²) in [5.74, 6) is -2.01. The van der Waals surface area contributed by atoms with E-state index in [9.17, 15) is 24.6 Å². The molecule has 3 aromatic rings. The lowest BCUT2D eigenvalue weighted by molar-refractivity contribution is -0.310. The number of nitrogens with one attached hydrogen (secondary N) is 1. The molecule has 1 unspecified atom stereocenters. The molecule has 0 saturated heterocycles. The topological polar surface area (TPSA) is 124 Å². The molecule has 2 aromatic carbocycles. The van der Waals surface area contributed by atoms with Crippen molar-refractivity contribution in [2.45, 2.75) is 12.5 Å². The number of H-pyrrole nitrogens is 1. The van der Waals surface area contributed by atoms with Crippen molar-refractivity contribution in [3.8, 4) is 5.75 Å². The van der Waals surface area contributed by atoms with Crippen molar-refractivity contribution in [3.05, 3.63) is 68.7 Å². The van der Waals surface area contributed by atoms with E-state index in [1.165, 1.54) is 37.4 Å². The van der Waals surface area contributed by atoms with Crippen LogP contribution in [-0.2, 0) is 16.0 Å². The Morgan fingerprint density at radius 2 is 1.93 bits per heavy atom. The molecule has 0 aliphatic carbocycles. The summed E-state index contributed by atoms with van der Waals surface area (Å²) in [5.41, 5.74) is 0.465. The number of phenols is 1. The van der Waals surface area contributed by atoms with Crippen LogP contribution >= 0.6 is 12.2 Å². The third-order valence-corrected chi connectivity index (χ3v) is 4.60. The number of carbonyl (C=O) groups is 2. The number of nitrogens with zero attached hydrogens (tertiary/aromatic N) is 1. The van der Waals surface area contributed by atoms with Crippen molar-refractivity contribution in [1.29, 1.82) is 0 Å². The van der Waals surface area contributed by atoms with E-state index >= 15 is 0 Å². The molecular formula is C19H15N2O6S-. The fourth-order valence-electron chi connectivity index (χ4n) is 2.89. The normalized spacial score (nSPS) is 11.9. The number of esters is 1. The summed E-state index contributed by atoms with van der Waals surface area (Å²) in [6, 6.07) is 8.80. The number of hydrogen-bond donors (Lipinski definition) is 2. The lowest BCUT2D eigenvalue weighted by Gasteiger charge is -2.21. The maximum atomic E-state index is 12.9. The van der Waals surface area contributed by atoms with Crippen LogP contribution in [0, 0.1) is 4.77 Å². The van der Waals surface area contributed by atoms with Gasteiger partial charge in [0.05, 0.1) is 35.6 Å². The molecule has 144 valence electrons. The number of carboxylic acids is 1. The van der Waals surface area contributed by atoms with E-state index < -0.39 is 23.5 Å². The van der Waals surface area contributed by atoms with Gasteiger partial charge in [0.15, 0.2) is 4.77 Å². The zero-order valence-corrected chi connectivity index (χ0v) is 15.5. The number of aromatic nitrogens is 2. The van der Waals surface area contributed by atoms with Gasteiger partial charge >= 0.3 is 5.97 Å². The maximum Gasteiger partial charge on any atom is 0.337 e. The molecule has 0 amide bonds. The molecule has 3 rings (SSSR count). The van der Waals surface area contributed by atoms with Crippen LogP contribution in [0.4, 0.5) is 0 Å². The van der Waals surface area contributed by atoms with Gasteiger partial charge < -0.3 is 24.7 Å². The van der Waals surface area contributed by atoms with Crippen LogP contribution in [0.2, 0.25) is 0 Å². The summed E-state index contributed by atoms with van der Waals surface area (Å²) >= 11 is 5.20. The van der Waals surface area contributed by atoms with Gasteiger partial charge in [0, 0.05) is 0 Å². The summed E-state index contributed by atoms with van der Waals surface area (Å²) < 4.78 is 5.47. The summed E-state index contributed by atoms with van der Waals surface area (Å²) in [7, 11) is 1.24. The van der Waals surface area contributed by atoms with Crippen molar-refractivity contribution in [2.75, 3.05) is 7.11 Å². The van der Waals surface area contributed by atoms with Crippen molar-refractivity contribution in [1.82, 2.24) is 9.55 Å². The van der Waals surface area contributed by atoms with E-state index in [1.54, 1.807) is 12.1 Å². The Balaban J connectivity index is 2.13. The number of aliphatic carboxylic acids is 1. The van der Waals surface area contributed by atoms with Gasteiger partial charge in [-0.3, -0.25) is 9.36 Å². The molecule has 0 aliphatic rings. The second-order valence-corrected chi connectivity index (χ2v) is 6.45. The van der Waals surface area contributed by atoms with Crippen LogP contribution in [0.3, 0.4) is 0 Å². The number of methoxy groups -OCH3 is 1. The van der Waals surface area contributed by atoms with Gasteiger partial charge in [-0.05, 0) is 54.5 Å². The Morgan fingerprint density at radius 3 is 2.54 bits per heavy atom. The van der Waals surface area contributed by atoms with Crippen LogP contribution in [0.5, 0.6) is 5.75 Å². The number of benzene rings is 2. The van der Waals surface area contributed by atoms with E-state index in [0.29, 0.717) is 5.56 Å². The van der Waals surface area contributed by atoms with Gasteiger partial charge in [-0.2, -0.15) is 0 Å². The molecule has 9 heteroatoms. The van der Waals surface area contributed by atoms with Crippen molar-refractivity contribution < 1.29 is 24.5 Å². The number of carboxylic acid groups (broad SMARTS) is 1. The fourth-order valence-corrected chi connectivity index (χ4v) is 3.21. The third-order valence-electron chi connectivity index (χ3n) is 4.30. The number of hydrogen-bond acceptors (Lipinski definition) is 7. The lowest BCUT2D eigenvalue weighted by Crippen LogP contribution is -2.40. The molecule has 0 radical (unpaired) electrons. The SMILES string of the molecule is COC(=O)c1ccc2c(=O)n(C(Cc3ccc(O)cc3)C(=O)[O-])c(=S)[nH]c2c1. The quantitative estimate of drug-likeness (QED) is 0.486. The highest BCUT2D eigenvalue weighted by molar-refractivity contribution is 7.71. The van der Waals surface area contributed by atoms with Crippen molar-refractivity contribution in [3.63, 3.8) is 0 Å². The maximum absolute atomic E-state index is 12.9. The first-order valence-corrected chi connectivity index (χ1v) is 8.58. The molecule has 1 heterocycles. The Labute approximate surface area is 163 Å². The van der Waals surface area contributed by atoms with Crippen LogP contribution in [0.15, 0.2) is 47.3 Å². The van der Waals surface area contributed by atoms with Gasteiger partial charge in [0.25, 0.3) is 5.56 Å². The van der Waals surface area contributed by atoms with Crippen LogP contribution in [0.1, 0.15) is 22.0 Å². The number of aromatic amines is 1. The van der Waals surface area contributed by atoms with E-state index in [-0.39, 0.29) is 33.4 Å². The molecule has 8 nitrogen and oxygen atoms in total. The average molecular weight is 399 g/mol. The summed E-state index contributed by atoms with van der Waals surface area (Å²) in [6.45, 7) is 0. The van der Waals surface area contributed by atoms with Crippen molar-refractivity contribution >= 4 is 35.1 Å². The fraction of sp³-hybridized carbons (Fsp3) is 0.158. The van der Waals surface area contributed by atoms with E-state index in [4.69, 9.17) is 12.2 Å². The van der Waals surface area contributed by atoms with Gasteiger partial charge in [-0.15, -0.1) is 0 Å². The second kappa shape index (κ2) is 7.65. The molecule has 0 bridgehead atoms. The Kier molecular flexibility index (Phi) is 5.27. The van der Waals surface area contributed by atoms with E-state index in [0.717, 1.165) is 4.57 Å². The highest BCUT2D eigenvalue weighted by Gasteiger charge is 2.19. The lowest BCUT2D eigenvalue weighted by atomic mass is 10.1. The van der Waals surface area contributed by atoms with Crippen LogP contribution in [-0.4, -0.2) is 33.7 Å².